The monoisotopic (exact) mass is 438 g/mol. The summed E-state index contributed by atoms with van der Waals surface area (Å²) < 4.78 is 11.3. The number of nitrogens with one attached hydrogen (secondary N) is 1. The van der Waals surface area contributed by atoms with Crippen LogP contribution in [-0.2, 0) is 4.79 Å². The predicted octanol–water partition coefficient (Wildman–Crippen LogP) is 4.86. The largest absolute Gasteiger partial charge is 0.479 e. The Labute approximate surface area is 180 Å². The van der Waals surface area contributed by atoms with Crippen molar-refractivity contribution >= 4 is 40.0 Å². The molecule has 1 atom stereocenters. The van der Waals surface area contributed by atoms with Crippen molar-refractivity contribution < 1.29 is 18.9 Å². The molecule has 1 N–H and O–H groups in total. The van der Waals surface area contributed by atoms with Gasteiger partial charge in [-0.05, 0) is 43.3 Å². The van der Waals surface area contributed by atoms with Crippen LogP contribution in [0.1, 0.15) is 6.92 Å². The molecule has 1 amide bonds. The highest BCUT2D eigenvalue weighted by Crippen LogP contribution is 2.34. The topological polar surface area (TPSA) is 120 Å². The Morgan fingerprint density at radius 2 is 2.00 bits per heavy atom. The summed E-state index contributed by atoms with van der Waals surface area (Å²) in [6.45, 7) is 1.51. The first-order valence-corrected chi connectivity index (χ1v) is 9.51. The van der Waals surface area contributed by atoms with E-state index in [9.17, 15) is 14.9 Å². The average molecular weight is 439 g/mol. The molecule has 4 rings (SSSR count). The number of hydrogen-bond acceptors (Lipinski definition) is 7. The lowest BCUT2D eigenvalue weighted by molar-refractivity contribution is -0.384. The van der Waals surface area contributed by atoms with Gasteiger partial charge in [-0.2, -0.15) is 0 Å². The number of ether oxygens (including phenoxy) is 1. The number of aromatic nitrogens is 2. The van der Waals surface area contributed by atoms with Gasteiger partial charge in [0.1, 0.15) is 11.3 Å². The van der Waals surface area contributed by atoms with Gasteiger partial charge in [-0.25, -0.2) is 4.98 Å². The van der Waals surface area contributed by atoms with Gasteiger partial charge in [0, 0.05) is 29.7 Å². The smallest absolute Gasteiger partial charge is 0.291 e. The number of benzene rings is 2. The van der Waals surface area contributed by atoms with Crippen LogP contribution in [-0.4, -0.2) is 26.9 Å². The fourth-order valence-electron chi connectivity index (χ4n) is 2.84. The van der Waals surface area contributed by atoms with Crippen LogP contribution in [0.15, 0.2) is 65.3 Å². The third kappa shape index (κ3) is 4.31. The number of halogens is 1. The summed E-state index contributed by atoms with van der Waals surface area (Å²) in [7, 11) is 0. The minimum absolute atomic E-state index is 0.0486. The number of carbonyl (C=O) groups excluding carboxylic acids is 1. The molecule has 0 spiro atoms. The fourth-order valence-corrected chi connectivity index (χ4v) is 3.08. The van der Waals surface area contributed by atoms with Crippen LogP contribution in [0.4, 0.5) is 11.4 Å². The Hall–Kier alpha value is -3.98. The number of pyridine rings is 1. The van der Waals surface area contributed by atoms with E-state index in [1.54, 1.807) is 42.7 Å². The molecular formula is C21H15ClN4O5. The normalized spacial score (nSPS) is 11.8. The molecule has 156 valence electrons. The molecule has 0 aliphatic carbocycles. The molecule has 0 aliphatic rings. The highest BCUT2D eigenvalue weighted by Gasteiger charge is 2.21. The molecule has 0 radical (unpaired) electrons. The molecular weight excluding hydrogens is 424 g/mol. The number of fused-ring (bicyclic) bond motifs is 1. The van der Waals surface area contributed by atoms with Crippen molar-refractivity contribution in [3.05, 3.63) is 76.1 Å². The maximum atomic E-state index is 12.5. The molecule has 2 heterocycles. The van der Waals surface area contributed by atoms with Gasteiger partial charge < -0.3 is 14.5 Å². The van der Waals surface area contributed by atoms with E-state index in [0.717, 1.165) is 5.56 Å². The highest BCUT2D eigenvalue weighted by atomic mass is 35.5. The number of nitro groups is 1. The summed E-state index contributed by atoms with van der Waals surface area (Å²) in [5.41, 5.74) is 2.12. The van der Waals surface area contributed by atoms with Crippen molar-refractivity contribution in [2.75, 3.05) is 5.32 Å². The lowest BCUT2D eigenvalue weighted by Gasteiger charge is -2.15. The van der Waals surface area contributed by atoms with E-state index in [-0.39, 0.29) is 16.5 Å². The van der Waals surface area contributed by atoms with Gasteiger partial charge in [-0.1, -0.05) is 17.7 Å². The Morgan fingerprint density at radius 1 is 1.23 bits per heavy atom. The molecule has 0 saturated heterocycles. The van der Waals surface area contributed by atoms with Gasteiger partial charge in [0.05, 0.1) is 4.92 Å². The number of hydrogen-bond donors (Lipinski definition) is 1. The molecule has 2 aromatic carbocycles. The lowest BCUT2D eigenvalue weighted by atomic mass is 10.2. The number of nitro benzene ring substituents is 1. The van der Waals surface area contributed by atoms with Gasteiger partial charge in [0.25, 0.3) is 11.6 Å². The first-order valence-electron chi connectivity index (χ1n) is 9.14. The molecule has 2 aromatic heterocycles. The zero-order valence-electron chi connectivity index (χ0n) is 16.1. The Kier molecular flexibility index (Phi) is 5.50. The van der Waals surface area contributed by atoms with Crippen LogP contribution in [0.3, 0.4) is 0 Å². The lowest BCUT2D eigenvalue weighted by Crippen LogP contribution is -2.30. The van der Waals surface area contributed by atoms with Crippen molar-refractivity contribution in [2.24, 2.45) is 0 Å². The molecule has 10 heteroatoms. The van der Waals surface area contributed by atoms with Crippen molar-refractivity contribution in [1.29, 1.82) is 0 Å². The van der Waals surface area contributed by atoms with Crippen LogP contribution in [0, 0.1) is 10.1 Å². The van der Waals surface area contributed by atoms with Crippen molar-refractivity contribution in [2.45, 2.75) is 13.0 Å². The summed E-state index contributed by atoms with van der Waals surface area (Å²) in [5, 5.41) is 13.6. The van der Waals surface area contributed by atoms with Crippen LogP contribution < -0.4 is 10.1 Å². The summed E-state index contributed by atoms with van der Waals surface area (Å²) in [6.07, 6.45) is 2.33. The number of carbonyl (C=O) groups is 1. The molecule has 0 bridgehead atoms. The maximum absolute atomic E-state index is 12.5. The van der Waals surface area contributed by atoms with E-state index in [1.807, 2.05) is 0 Å². The van der Waals surface area contributed by atoms with Crippen molar-refractivity contribution in [3.63, 3.8) is 0 Å². The zero-order valence-corrected chi connectivity index (χ0v) is 16.9. The van der Waals surface area contributed by atoms with E-state index >= 15 is 0 Å². The Morgan fingerprint density at radius 3 is 2.74 bits per heavy atom. The summed E-state index contributed by atoms with van der Waals surface area (Å²) in [5.74, 6) is 0.0325. The second-order valence-corrected chi connectivity index (χ2v) is 6.91. The van der Waals surface area contributed by atoms with E-state index in [4.69, 9.17) is 20.8 Å². The van der Waals surface area contributed by atoms with Crippen LogP contribution in [0.5, 0.6) is 5.75 Å². The molecule has 0 unspecified atom stereocenters. The third-order valence-corrected chi connectivity index (χ3v) is 4.77. The molecule has 0 saturated carbocycles. The summed E-state index contributed by atoms with van der Waals surface area (Å²) in [6, 6.07) is 12.8. The first kappa shape index (κ1) is 20.3. The highest BCUT2D eigenvalue weighted by molar-refractivity contribution is 6.34. The van der Waals surface area contributed by atoms with Gasteiger partial charge in [-0.15, -0.1) is 0 Å². The van der Waals surface area contributed by atoms with Crippen LogP contribution in [0.2, 0.25) is 5.02 Å². The van der Waals surface area contributed by atoms with E-state index in [2.05, 4.69) is 15.3 Å². The zero-order chi connectivity index (χ0) is 22.0. The molecule has 31 heavy (non-hydrogen) atoms. The quantitative estimate of drug-likeness (QED) is 0.337. The fraction of sp³-hybridized carbons (Fsp3) is 0.0952. The standard InChI is InChI=1S/C21H15ClN4O5/c1-12(30-18-4-2-3-16(19(18)22)26(28)29)20(27)24-14-5-6-17-15(11-14)25-21(31-17)13-7-9-23-10-8-13/h2-12H,1H3,(H,24,27)/t12-/m1/s1. The Bertz CT molecular complexity index is 1280. The first-order chi connectivity index (χ1) is 14.9. The van der Waals surface area contributed by atoms with Gasteiger partial charge >= 0.3 is 0 Å². The second-order valence-electron chi connectivity index (χ2n) is 6.53. The number of rotatable bonds is 6. The minimum atomic E-state index is -0.958. The maximum Gasteiger partial charge on any atom is 0.291 e. The number of nitrogens with zero attached hydrogens (tertiary/aromatic N) is 3. The molecule has 0 fully saturated rings. The van der Waals surface area contributed by atoms with Crippen molar-refractivity contribution in [3.8, 4) is 17.2 Å². The van der Waals surface area contributed by atoms with Crippen LogP contribution >= 0.6 is 11.6 Å². The Balaban J connectivity index is 1.49. The average Bonchev–Trinajstić information content (AvgIpc) is 3.19. The SMILES string of the molecule is C[C@@H](Oc1cccc([N+](=O)[O-])c1Cl)C(=O)Nc1ccc2oc(-c3ccncc3)nc2c1. The number of amides is 1. The van der Waals surface area contributed by atoms with Crippen LogP contribution in [0.25, 0.3) is 22.6 Å². The predicted molar refractivity (Wildman–Crippen MR) is 114 cm³/mol. The second kappa shape index (κ2) is 8.41. The summed E-state index contributed by atoms with van der Waals surface area (Å²) >= 11 is 6.01. The third-order valence-electron chi connectivity index (χ3n) is 4.39. The van der Waals surface area contributed by atoms with E-state index < -0.39 is 16.9 Å². The van der Waals surface area contributed by atoms with Gasteiger partial charge in [-0.3, -0.25) is 19.9 Å². The van der Waals surface area contributed by atoms with Gasteiger partial charge in [0.15, 0.2) is 16.7 Å². The van der Waals surface area contributed by atoms with Crippen molar-refractivity contribution in [1.82, 2.24) is 9.97 Å². The molecule has 4 aromatic rings. The van der Waals surface area contributed by atoms with Gasteiger partial charge in [0.2, 0.25) is 5.89 Å². The summed E-state index contributed by atoms with van der Waals surface area (Å²) in [4.78, 5) is 31.3. The van der Waals surface area contributed by atoms with E-state index in [1.165, 1.54) is 25.1 Å². The van der Waals surface area contributed by atoms with E-state index in [0.29, 0.717) is 22.7 Å². The number of anilines is 1. The molecule has 9 nitrogen and oxygen atoms in total. The minimum Gasteiger partial charge on any atom is -0.479 e. The molecule has 0 aliphatic heterocycles. The number of oxazole rings is 1.